The van der Waals surface area contributed by atoms with E-state index in [1.54, 1.807) is 48.5 Å². The van der Waals surface area contributed by atoms with Crippen molar-refractivity contribution in [3.63, 3.8) is 0 Å². The van der Waals surface area contributed by atoms with E-state index in [0.29, 0.717) is 16.8 Å². The highest BCUT2D eigenvalue weighted by molar-refractivity contribution is 9.10. The van der Waals surface area contributed by atoms with E-state index in [0.717, 1.165) is 4.47 Å². The quantitative estimate of drug-likeness (QED) is 0.844. The summed E-state index contributed by atoms with van der Waals surface area (Å²) < 4.78 is 0.902. The van der Waals surface area contributed by atoms with Crippen LogP contribution in [0.2, 0.25) is 0 Å². The molecule has 0 aliphatic rings. The van der Waals surface area contributed by atoms with E-state index in [4.69, 9.17) is 0 Å². The van der Waals surface area contributed by atoms with Gasteiger partial charge in [0.05, 0.1) is 11.3 Å². The largest absolute Gasteiger partial charge is 0.347 e. The third kappa shape index (κ3) is 4.93. The van der Waals surface area contributed by atoms with E-state index >= 15 is 0 Å². The van der Waals surface area contributed by atoms with Gasteiger partial charge in [-0.3, -0.25) is 9.59 Å². The van der Waals surface area contributed by atoms with Crippen LogP contribution in [0.15, 0.2) is 53.0 Å². The van der Waals surface area contributed by atoms with Gasteiger partial charge in [0.15, 0.2) is 0 Å². The smallest absolute Gasteiger partial charge is 0.255 e. The molecular formula is C18H19BrN2O2. The lowest BCUT2D eigenvalue weighted by Gasteiger charge is -2.21. The molecule has 4 nitrogen and oxygen atoms in total. The number of carbonyl (C=O) groups excluding carboxylic acids is 2. The van der Waals surface area contributed by atoms with Gasteiger partial charge in [-0.05, 0) is 57.2 Å². The number of carbonyl (C=O) groups is 2. The Morgan fingerprint density at radius 2 is 1.52 bits per heavy atom. The maximum atomic E-state index is 12.4. The molecule has 0 fully saturated rings. The molecule has 0 radical (unpaired) electrons. The molecule has 0 bridgehead atoms. The molecular weight excluding hydrogens is 356 g/mol. The van der Waals surface area contributed by atoms with Crippen LogP contribution in [0.25, 0.3) is 0 Å². The van der Waals surface area contributed by atoms with E-state index in [1.165, 1.54) is 0 Å². The van der Waals surface area contributed by atoms with Crippen molar-refractivity contribution in [1.29, 1.82) is 0 Å². The van der Waals surface area contributed by atoms with Crippen molar-refractivity contribution in [3.05, 3.63) is 64.1 Å². The monoisotopic (exact) mass is 374 g/mol. The van der Waals surface area contributed by atoms with E-state index in [9.17, 15) is 9.59 Å². The van der Waals surface area contributed by atoms with Crippen LogP contribution in [0.1, 0.15) is 41.5 Å². The Balaban J connectivity index is 2.22. The van der Waals surface area contributed by atoms with Crippen LogP contribution in [0.4, 0.5) is 5.69 Å². The van der Waals surface area contributed by atoms with E-state index in [1.807, 2.05) is 20.8 Å². The summed E-state index contributed by atoms with van der Waals surface area (Å²) in [5.74, 6) is -0.474. The minimum Gasteiger partial charge on any atom is -0.347 e. The SMILES string of the molecule is CC(C)(C)NC(=O)c1ccccc1NC(=O)c1ccc(Br)cc1. The second kappa shape index (κ2) is 6.96. The third-order valence-corrected chi connectivity index (χ3v) is 3.54. The molecule has 2 aromatic carbocycles. The van der Waals surface area contributed by atoms with Crippen LogP contribution in [0.5, 0.6) is 0 Å². The molecule has 2 rings (SSSR count). The molecule has 0 saturated heterocycles. The molecule has 0 atom stereocenters. The van der Waals surface area contributed by atoms with Gasteiger partial charge in [-0.15, -0.1) is 0 Å². The summed E-state index contributed by atoms with van der Waals surface area (Å²) in [5, 5.41) is 5.70. The zero-order chi connectivity index (χ0) is 17.0. The van der Waals surface area contributed by atoms with Crippen molar-refractivity contribution in [1.82, 2.24) is 5.32 Å². The average molecular weight is 375 g/mol. The second-order valence-corrected chi connectivity index (χ2v) is 7.13. The zero-order valence-corrected chi connectivity index (χ0v) is 14.9. The molecule has 0 aliphatic carbocycles. The second-order valence-electron chi connectivity index (χ2n) is 6.21. The molecule has 5 heteroatoms. The number of benzene rings is 2. The molecule has 0 spiro atoms. The normalized spacial score (nSPS) is 11.0. The van der Waals surface area contributed by atoms with Gasteiger partial charge in [0, 0.05) is 15.6 Å². The molecule has 0 aromatic heterocycles. The molecule has 0 aliphatic heterocycles. The van der Waals surface area contributed by atoms with Gasteiger partial charge in [0.1, 0.15) is 0 Å². The van der Waals surface area contributed by atoms with Crippen molar-refractivity contribution < 1.29 is 9.59 Å². The van der Waals surface area contributed by atoms with E-state index in [2.05, 4.69) is 26.6 Å². The Morgan fingerprint density at radius 1 is 0.913 bits per heavy atom. The number of anilines is 1. The third-order valence-electron chi connectivity index (χ3n) is 3.01. The predicted octanol–water partition coefficient (Wildman–Crippen LogP) is 4.23. The summed E-state index contributed by atoms with van der Waals surface area (Å²) in [6.45, 7) is 5.73. The first-order valence-corrected chi connectivity index (χ1v) is 8.04. The first-order chi connectivity index (χ1) is 10.8. The van der Waals surface area contributed by atoms with Gasteiger partial charge in [-0.25, -0.2) is 0 Å². The molecule has 120 valence electrons. The summed E-state index contributed by atoms with van der Waals surface area (Å²) in [6.07, 6.45) is 0. The van der Waals surface area contributed by atoms with Crippen molar-refractivity contribution in [2.24, 2.45) is 0 Å². The van der Waals surface area contributed by atoms with Crippen molar-refractivity contribution >= 4 is 33.4 Å². The average Bonchev–Trinajstić information content (AvgIpc) is 2.46. The van der Waals surface area contributed by atoms with Crippen LogP contribution in [-0.4, -0.2) is 17.4 Å². The number of nitrogens with one attached hydrogen (secondary N) is 2. The highest BCUT2D eigenvalue weighted by Gasteiger charge is 2.18. The maximum Gasteiger partial charge on any atom is 0.255 e. The number of rotatable bonds is 3. The fourth-order valence-corrected chi connectivity index (χ4v) is 2.26. The Hall–Kier alpha value is -2.14. The first-order valence-electron chi connectivity index (χ1n) is 7.25. The van der Waals surface area contributed by atoms with E-state index < -0.39 is 0 Å². The van der Waals surface area contributed by atoms with Crippen molar-refractivity contribution in [3.8, 4) is 0 Å². The summed E-state index contributed by atoms with van der Waals surface area (Å²) in [4.78, 5) is 24.7. The lowest BCUT2D eigenvalue weighted by molar-refractivity contribution is 0.0920. The summed E-state index contributed by atoms with van der Waals surface area (Å²) >= 11 is 3.34. The van der Waals surface area contributed by atoms with Crippen LogP contribution >= 0.6 is 15.9 Å². The fraction of sp³-hybridized carbons (Fsp3) is 0.222. The lowest BCUT2D eigenvalue weighted by Crippen LogP contribution is -2.40. The van der Waals surface area contributed by atoms with Gasteiger partial charge in [0.25, 0.3) is 11.8 Å². The van der Waals surface area contributed by atoms with E-state index in [-0.39, 0.29) is 17.4 Å². The summed E-state index contributed by atoms with van der Waals surface area (Å²) in [7, 11) is 0. The highest BCUT2D eigenvalue weighted by atomic mass is 79.9. The van der Waals surface area contributed by atoms with Crippen LogP contribution in [-0.2, 0) is 0 Å². The summed E-state index contributed by atoms with van der Waals surface area (Å²) in [5.41, 5.74) is 1.11. The molecule has 2 aromatic rings. The number of halogens is 1. The topological polar surface area (TPSA) is 58.2 Å². The van der Waals surface area contributed by atoms with Crippen LogP contribution in [0, 0.1) is 0 Å². The van der Waals surface area contributed by atoms with Crippen molar-refractivity contribution in [2.45, 2.75) is 26.3 Å². The highest BCUT2D eigenvalue weighted by Crippen LogP contribution is 2.18. The van der Waals surface area contributed by atoms with Crippen LogP contribution in [0.3, 0.4) is 0 Å². The first kappa shape index (κ1) is 17.2. The Bertz CT molecular complexity index is 719. The Morgan fingerprint density at radius 3 is 2.13 bits per heavy atom. The molecule has 0 unspecified atom stereocenters. The van der Waals surface area contributed by atoms with Gasteiger partial charge >= 0.3 is 0 Å². The fourth-order valence-electron chi connectivity index (χ4n) is 1.99. The standard InChI is InChI=1S/C18H19BrN2O2/c1-18(2,3)21-17(23)14-6-4-5-7-15(14)20-16(22)12-8-10-13(19)11-9-12/h4-11H,1-3H3,(H,20,22)(H,21,23). The van der Waals surface area contributed by atoms with Gasteiger partial charge in [-0.1, -0.05) is 28.1 Å². The number of para-hydroxylation sites is 1. The zero-order valence-electron chi connectivity index (χ0n) is 13.3. The number of amides is 2. The van der Waals surface area contributed by atoms with Crippen molar-refractivity contribution in [2.75, 3.05) is 5.32 Å². The number of hydrogen-bond acceptors (Lipinski definition) is 2. The minimum absolute atomic E-state index is 0.218. The Kier molecular flexibility index (Phi) is 5.21. The van der Waals surface area contributed by atoms with Crippen LogP contribution < -0.4 is 10.6 Å². The Labute approximate surface area is 144 Å². The molecule has 0 heterocycles. The number of hydrogen-bond donors (Lipinski definition) is 2. The lowest BCUT2D eigenvalue weighted by atomic mass is 10.1. The molecule has 23 heavy (non-hydrogen) atoms. The summed E-state index contributed by atoms with van der Waals surface area (Å²) in [6, 6.07) is 14.0. The minimum atomic E-state index is -0.347. The van der Waals surface area contributed by atoms with Gasteiger partial charge in [-0.2, -0.15) is 0 Å². The molecule has 2 amide bonds. The maximum absolute atomic E-state index is 12.4. The molecule has 0 saturated carbocycles. The molecule has 2 N–H and O–H groups in total. The van der Waals surface area contributed by atoms with Gasteiger partial charge in [0.2, 0.25) is 0 Å². The predicted molar refractivity (Wildman–Crippen MR) is 95.8 cm³/mol. The van der Waals surface area contributed by atoms with Gasteiger partial charge < -0.3 is 10.6 Å².